The number of hydrogen-bond donors (Lipinski definition) is 1. The Bertz CT molecular complexity index is 542. The Hall–Kier alpha value is -0.660. The topological polar surface area (TPSA) is 61.0 Å². The summed E-state index contributed by atoms with van der Waals surface area (Å²) in [5.74, 6) is 0.959. The second kappa shape index (κ2) is 5.32. The predicted molar refractivity (Wildman–Crippen MR) is 76.1 cm³/mol. The van der Waals surface area contributed by atoms with Gasteiger partial charge in [-0.3, -0.25) is 0 Å². The molecule has 17 heavy (non-hydrogen) atoms. The van der Waals surface area contributed by atoms with Crippen molar-refractivity contribution < 1.29 is 4.74 Å². The van der Waals surface area contributed by atoms with Crippen LogP contribution in [0.4, 0.5) is 5.82 Å². The van der Waals surface area contributed by atoms with E-state index in [0.717, 1.165) is 8.95 Å². The van der Waals surface area contributed by atoms with Gasteiger partial charge in [-0.15, -0.1) is 0 Å². The quantitative estimate of drug-likeness (QED) is 0.737. The summed E-state index contributed by atoms with van der Waals surface area (Å²) >= 11 is 9.97. The van der Waals surface area contributed by atoms with E-state index >= 15 is 0 Å². The largest absolute Gasteiger partial charge is 0.423 e. The Morgan fingerprint density at radius 2 is 1.82 bits per heavy atom. The van der Waals surface area contributed by atoms with Crippen LogP contribution in [-0.2, 0) is 0 Å². The fourth-order valence-electron chi connectivity index (χ4n) is 1.12. The number of halogens is 3. The molecule has 0 amide bonds. The van der Waals surface area contributed by atoms with Crippen molar-refractivity contribution in [2.45, 2.75) is 0 Å². The van der Waals surface area contributed by atoms with Crippen LogP contribution in [0.2, 0.25) is 0 Å². The Balaban J connectivity index is 2.31. The van der Waals surface area contributed by atoms with Crippen LogP contribution in [0.1, 0.15) is 0 Å². The summed E-state index contributed by atoms with van der Waals surface area (Å²) in [7, 11) is 0. The van der Waals surface area contributed by atoms with Gasteiger partial charge in [-0.25, -0.2) is 0 Å². The molecule has 0 aliphatic carbocycles. The van der Waals surface area contributed by atoms with Crippen LogP contribution in [0.5, 0.6) is 11.8 Å². The maximum atomic E-state index is 5.59. The summed E-state index contributed by atoms with van der Waals surface area (Å²) < 4.78 is 7.85. The molecular weight excluding hydrogens is 418 g/mol. The van der Waals surface area contributed by atoms with Gasteiger partial charge in [0.1, 0.15) is 16.2 Å². The number of benzene rings is 1. The van der Waals surface area contributed by atoms with Gasteiger partial charge in [0.2, 0.25) is 0 Å². The molecule has 7 heteroatoms. The number of ether oxygens (including phenoxy) is 1. The van der Waals surface area contributed by atoms with Crippen LogP contribution in [0.3, 0.4) is 0 Å². The van der Waals surface area contributed by atoms with E-state index in [1.165, 1.54) is 0 Å². The summed E-state index contributed by atoms with van der Waals surface area (Å²) in [5, 5.41) is 0. The molecule has 2 N–H and O–H groups in total. The van der Waals surface area contributed by atoms with Crippen molar-refractivity contribution in [2.75, 3.05) is 5.73 Å². The van der Waals surface area contributed by atoms with Crippen molar-refractivity contribution in [3.8, 4) is 11.8 Å². The first kappa shape index (κ1) is 12.8. The van der Waals surface area contributed by atoms with Gasteiger partial charge < -0.3 is 10.5 Å². The van der Waals surface area contributed by atoms with Crippen molar-refractivity contribution in [1.29, 1.82) is 0 Å². The molecule has 0 aliphatic heterocycles. The molecule has 1 heterocycles. The van der Waals surface area contributed by atoms with E-state index < -0.39 is 0 Å². The highest BCUT2D eigenvalue weighted by molar-refractivity contribution is 9.11. The van der Waals surface area contributed by atoms with Gasteiger partial charge in [0.25, 0.3) is 0 Å². The number of nitrogens with two attached hydrogens (primary N) is 1. The molecule has 4 nitrogen and oxygen atoms in total. The number of anilines is 1. The summed E-state index contributed by atoms with van der Waals surface area (Å²) in [6, 6.07) is 7.33. The monoisotopic (exact) mass is 421 g/mol. The fraction of sp³-hybridized carbons (Fsp3) is 0. The lowest BCUT2D eigenvalue weighted by Crippen LogP contribution is -1.97. The maximum Gasteiger partial charge on any atom is 0.325 e. The van der Waals surface area contributed by atoms with Crippen molar-refractivity contribution in [2.24, 2.45) is 0 Å². The zero-order valence-electron chi connectivity index (χ0n) is 8.32. The molecule has 1 aromatic carbocycles. The molecule has 2 rings (SSSR count). The number of aromatic nitrogens is 2. The highest BCUT2D eigenvalue weighted by Crippen LogP contribution is 2.31. The third-order valence-electron chi connectivity index (χ3n) is 1.79. The van der Waals surface area contributed by atoms with Crippen LogP contribution in [0.25, 0.3) is 0 Å². The standard InChI is InChI=1S/C10H6Br3N3O/c11-5-1-2-7(6(12)3-5)17-10-15-8(13)4-9(14)16-10/h1-4H,(H2,14,15,16). The summed E-state index contributed by atoms with van der Waals surface area (Å²) in [4.78, 5) is 8.04. The third-order valence-corrected chi connectivity index (χ3v) is 3.31. The van der Waals surface area contributed by atoms with Crippen molar-refractivity contribution in [3.05, 3.63) is 37.8 Å². The van der Waals surface area contributed by atoms with Gasteiger partial charge >= 0.3 is 6.01 Å². The van der Waals surface area contributed by atoms with Crippen LogP contribution >= 0.6 is 47.8 Å². The molecule has 0 spiro atoms. The van der Waals surface area contributed by atoms with Crippen LogP contribution in [0.15, 0.2) is 37.8 Å². The van der Waals surface area contributed by atoms with Gasteiger partial charge in [-0.2, -0.15) is 9.97 Å². The van der Waals surface area contributed by atoms with Crippen molar-refractivity contribution in [3.63, 3.8) is 0 Å². The first-order valence-electron chi connectivity index (χ1n) is 4.47. The average Bonchev–Trinajstić information content (AvgIpc) is 2.21. The fourth-order valence-corrected chi connectivity index (χ4v) is 2.63. The van der Waals surface area contributed by atoms with Crippen molar-refractivity contribution >= 4 is 53.6 Å². The predicted octanol–water partition coefficient (Wildman–Crippen LogP) is 4.14. The van der Waals surface area contributed by atoms with Crippen LogP contribution in [0, 0.1) is 0 Å². The minimum atomic E-state index is 0.194. The Kier molecular flexibility index (Phi) is 4.01. The molecule has 0 saturated heterocycles. The zero-order valence-corrected chi connectivity index (χ0v) is 13.1. The van der Waals surface area contributed by atoms with Gasteiger partial charge in [0.05, 0.1) is 4.47 Å². The zero-order chi connectivity index (χ0) is 12.4. The van der Waals surface area contributed by atoms with Crippen LogP contribution < -0.4 is 10.5 Å². The van der Waals surface area contributed by atoms with Crippen LogP contribution in [-0.4, -0.2) is 9.97 Å². The third kappa shape index (κ3) is 3.40. The highest BCUT2D eigenvalue weighted by atomic mass is 79.9. The lowest BCUT2D eigenvalue weighted by molar-refractivity contribution is 0.439. The van der Waals surface area contributed by atoms with Gasteiger partial charge in [0.15, 0.2) is 0 Å². The first-order valence-corrected chi connectivity index (χ1v) is 6.85. The van der Waals surface area contributed by atoms with E-state index in [1.807, 2.05) is 12.1 Å². The van der Waals surface area contributed by atoms with E-state index in [-0.39, 0.29) is 6.01 Å². The molecule has 0 atom stereocenters. The highest BCUT2D eigenvalue weighted by Gasteiger charge is 2.07. The summed E-state index contributed by atoms with van der Waals surface area (Å²) in [6.45, 7) is 0. The average molecular weight is 424 g/mol. The lowest BCUT2D eigenvalue weighted by Gasteiger charge is -2.06. The van der Waals surface area contributed by atoms with E-state index in [4.69, 9.17) is 10.5 Å². The number of rotatable bonds is 2. The normalized spacial score (nSPS) is 10.3. The Morgan fingerprint density at radius 3 is 2.47 bits per heavy atom. The van der Waals surface area contributed by atoms with Gasteiger partial charge in [-0.05, 0) is 50.1 Å². The summed E-state index contributed by atoms with van der Waals surface area (Å²) in [5.41, 5.74) is 5.59. The minimum Gasteiger partial charge on any atom is -0.423 e. The number of nitrogens with zero attached hydrogens (tertiary/aromatic N) is 2. The summed E-state index contributed by atoms with van der Waals surface area (Å²) in [6.07, 6.45) is 0. The molecule has 88 valence electrons. The Morgan fingerprint density at radius 1 is 1.06 bits per heavy atom. The van der Waals surface area contributed by atoms with E-state index in [0.29, 0.717) is 16.2 Å². The molecule has 1 aromatic heterocycles. The molecule has 0 fully saturated rings. The SMILES string of the molecule is Nc1cc(Br)nc(Oc2ccc(Br)cc2Br)n1. The molecule has 0 radical (unpaired) electrons. The first-order chi connectivity index (χ1) is 8.04. The molecular formula is C10H6Br3N3O. The number of nitrogen functional groups attached to an aromatic ring is 1. The lowest BCUT2D eigenvalue weighted by atomic mass is 10.3. The minimum absolute atomic E-state index is 0.194. The molecule has 0 bridgehead atoms. The van der Waals surface area contributed by atoms with Crippen molar-refractivity contribution in [1.82, 2.24) is 9.97 Å². The molecule has 0 aliphatic rings. The molecule has 0 saturated carbocycles. The van der Waals surface area contributed by atoms with Gasteiger partial charge in [0, 0.05) is 10.5 Å². The van der Waals surface area contributed by atoms with E-state index in [2.05, 4.69) is 57.8 Å². The molecule has 2 aromatic rings. The second-order valence-electron chi connectivity index (χ2n) is 3.07. The maximum absolute atomic E-state index is 5.59. The second-order valence-corrected chi connectivity index (χ2v) is 5.66. The smallest absolute Gasteiger partial charge is 0.325 e. The number of hydrogen-bond acceptors (Lipinski definition) is 4. The Labute approximate surface area is 123 Å². The van der Waals surface area contributed by atoms with E-state index in [1.54, 1.807) is 12.1 Å². The van der Waals surface area contributed by atoms with Gasteiger partial charge in [-0.1, -0.05) is 15.9 Å². The van der Waals surface area contributed by atoms with E-state index in [9.17, 15) is 0 Å². The molecule has 0 unspecified atom stereocenters.